The Morgan fingerprint density at radius 3 is 2.38 bits per heavy atom. The van der Waals surface area contributed by atoms with E-state index in [-0.39, 0.29) is 19.3 Å². The quantitative estimate of drug-likeness (QED) is 0.771. The minimum absolute atomic E-state index is 0.198. The molecule has 5 nitrogen and oxygen atoms in total. The van der Waals surface area contributed by atoms with Crippen LogP contribution in [0.2, 0.25) is 0 Å². The van der Waals surface area contributed by atoms with Crippen molar-refractivity contribution >= 4 is 11.9 Å². The Bertz CT molecular complexity index is 774. The summed E-state index contributed by atoms with van der Waals surface area (Å²) in [5.41, 5.74) is 3.31. The molecule has 0 spiro atoms. The first-order valence-electron chi connectivity index (χ1n) is 8.25. The van der Waals surface area contributed by atoms with Crippen LogP contribution in [-0.2, 0) is 14.3 Å². The summed E-state index contributed by atoms with van der Waals surface area (Å²) >= 11 is 0. The highest BCUT2D eigenvalue weighted by Crippen LogP contribution is 2.16. The van der Waals surface area contributed by atoms with Gasteiger partial charge in [0.2, 0.25) is 0 Å². The van der Waals surface area contributed by atoms with Gasteiger partial charge in [-0.3, -0.25) is 4.79 Å². The minimum atomic E-state index is -0.677. The van der Waals surface area contributed by atoms with E-state index in [0.29, 0.717) is 5.75 Å². The van der Waals surface area contributed by atoms with Gasteiger partial charge in [0, 0.05) is 0 Å². The zero-order chi connectivity index (χ0) is 19.1. The molecule has 0 bridgehead atoms. The SMILES string of the molecule is Cc1ccc([C@@H](C)NC(=O)COC(=O)COc2ccc(F)cc2)cc1C. The van der Waals surface area contributed by atoms with Crippen LogP contribution in [-0.4, -0.2) is 25.1 Å². The Hall–Kier alpha value is -2.89. The van der Waals surface area contributed by atoms with E-state index in [1.165, 1.54) is 29.8 Å². The summed E-state index contributed by atoms with van der Waals surface area (Å²) in [5, 5.41) is 2.78. The number of nitrogens with one attached hydrogen (secondary N) is 1. The molecular formula is C20H22FNO4. The van der Waals surface area contributed by atoms with Gasteiger partial charge in [-0.15, -0.1) is 0 Å². The number of aryl methyl sites for hydroxylation is 2. The van der Waals surface area contributed by atoms with Crippen LogP contribution in [0.15, 0.2) is 42.5 Å². The Balaban J connectivity index is 1.74. The second-order valence-electron chi connectivity index (χ2n) is 6.04. The number of amides is 1. The van der Waals surface area contributed by atoms with Gasteiger partial charge in [0.1, 0.15) is 11.6 Å². The highest BCUT2D eigenvalue weighted by atomic mass is 19.1. The molecule has 26 heavy (non-hydrogen) atoms. The van der Waals surface area contributed by atoms with Crippen molar-refractivity contribution in [3.63, 3.8) is 0 Å². The van der Waals surface area contributed by atoms with Gasteiger partial charge in [-0.2, -0.15) is 0 Å². The summed E-state index contributed by atoms with van der Waals surface area (Å²) in [6.07, 6.45) is 0. The Morgan fingerprint density at radius 2 is 1.73 bits per heavy atom. The van der Waals surface area contributed by atoms with Gasteiger partial charge in [-0.05, 0) is 61.7 Å². The van der Waals surface area contributed by atoms with E-state index in [1.807, 2.05) is 39.0 Å². The standard InChI is InChI=1S/C20H22FNO4/c1-13-4-5-16(10-14(13)2)15(3)22-19(23)11-26-20(24)12-25-18-8-6-17(21)7-9-18/h4-10,15H,11-12H2,1-3H3,(H,22,23)/t15-/m1/s1. The molecule has 0 heterocycles. The summed E-state index contributed by atoms with van der Waals surface area (Å²) in [6, 6.07) is 11.0. The van der Waals surface area contributed by atoms with E-state index in [9.17, 15) is 14.0 Å². The molecule has 0 aliphatic carbocycles. The smallest absolute Gasteiger partial charge is 0.344 e. The van der Waals surface area contributed by atoms with E-state index >= 15 is 0 Å². The summed E-state index contributed by atoms with van der Waals surface area (Å²) < 4.78 is 22.8. The van der Waals surface area contributed by atoms with Gasteiger partial charge < -0.3 is 14.8 Å². The van der Waals surface area contributed by atoms with Crippen LogP contribution < -0.4 is 10.1 Å². The van der Waals surface area contributed by atoms with E-state index in [4.69, 9.17) is 9.47 Å². The second kappa shape index (κ2) is 8.99. The summed E-state index contributed by atoms with van der Waals surface area (Å²) in [7, 11) is 0. The Morgan fingerprint density at radius 1 is 1.04 bits per heavy atom. The van der Waals surface area contributed by atoms with Crippen molar-refractivity contribution in [1.29, 1.82) is 0 Å². The third-order valence-corrected chi connectivity index (χ3v) is 3.94. The fraction of sp³-hybridized carbons (Fsp3) is 0.300. The molecule has 0 fully saturated rings. The van der Waals surface area contributed by atoms with Crippen LogP contribution >= 0.6 is 0 Å². The van der Waals surface area contributed by atoms with Gasteiger partial charge in [0.15, 0.2) is 13.2 Å². The molecule has 0 saturated heterocycles. The first-order chi connectivity index (χ1) is 12.3. The van der Waals surface area contributed by atoms with Gasteiger partial charge in [0.25, 0.3) is 5.91 Å². The number of rotatable bonds is 7. The topological polar surface area (TPSA) is 64.6 Å². The average Bonchev–Trinajstić information content (AvgIpc) is 2.61. The van der Waals surface area contributed by atoms with Crippen molar-refractivity contribution in [1.82, 2.24) is 5.32 Å². The predicted molar refractivity (Wildman–Crippen MR) is 95.3 cm³/mol. The molecule has 0 unspecified atom stereocenters. The van der Waals surface area contributed by atoms with Crippen LogP contribution in [0.3, 0.4) is 0 Å². The molecule has 1 amide bonds. The Labute approximate surface area is 152 Å². The minimum Gasteiger partial charge on any atom is -0.482 e. The number of carbonyl (C=O) groups is 2. The van der Waals surface area contributed by atoms with E-state index in [0.717, 1.165) is 11.1 Å². The number of benzene rings is 2. The van der Waals surface area contributed by atoms with E-state index in [1.54, 1.807) is 0 Å². The van der Waals surface area contributed by atoms with E-state index < -0.39 is 17.7 Å². The van der Waals surface area contributed by atoms with Crippen LogP contribution in [0.4, 0.5) is 4.39 Å². The molecule has 0 radical (unpaired) electrons. The average molecular weight is 359 g/mol. The first kappa shape index (κ1) is 19.4. The number of esters is 1. The van der Waals surface area contributed by atoms with Crippen molar-refractivity contribution in [2.24, 2.45) is 0 Å². The van der Waals surface area contributed by atoms with Gasteiger partial charge >= 0.3 is 5.97 Å². The molecular weight excluding hydrogens is 337 g/mol. The second-order valence-corrected chi connectivity index (χ2v) is 6.04. The normalized spacial score (nSPS) is 11.5. The lowest BCUT2D eigenvalue weighted by molar-refractivity contribution is -0.150. The monoisotopic (exact) mass is 359 g/mol. The molecule has 0 aliphatic heterocycles. The maximum Gasteiger partial charge on any atom is 0.344 e. The fourth-order valence-electron chi connectivity index (χ4n) is 2.26. The lowest BCUT2D eigenvalue weighted by atomic mass is 10.0. The molecule has 2 rings (SSSR count). The molecule has 138 valence electrons. The summed E-state index contributed by atoms with van der Waals surface area (Å²) in [5.74, 6) is -1.13. The lowest BCUT2D eigenvalue weighted by Crippen LogP contribution is -2.32. The molecule has 1 atom stereocenters. The zero-order valence-electron chi connectivity index (χ0n) is 15.0. The third kappa shape index (κ3) is 5.88. The molecule has 2 aromatic carbocycles. The highest BCUT2D eigenvalue weighted by molar-refractivity contribution is 5.81. The summed E-state index contributed by atoms with van der Waals surface area (Å²) in [6.45, 7) is 5.15. The van der Waals surface area contributed by atoms with Crippen molar-refractivity contribution in [2.45, 2.75) is 26.8 Å². The van der Waals surface area contributed by atoms with Crippen molar-refractivity contribution in [3.8, 4) is 5.75 Å². The van der Waals surface area contributed by atoms with Crippen molar-refractivity contribution < 1.29 is 23.5 Å². The van der Waals surface area contributed by atoms with Crippen molar-refractivity contribution in [3.05, 3.63) is 65.0 Å². The molecule has 1 N–H and O–H groups in total. The Kier molecular flexibility index (Phi) is 6.72. The number of ether oxygens (including phenoxy) is 2. The maximum atomic E-state index is 12.8. The largest absolute Gasteiger partial charge is 0.482 e. The van der Waals surface area contributed by atoms with Gasteiger partial charge in [0.05, 0.1) is 6.04 Å². The maximum absolute atomic E-state index is 12.8. The fourth-order valence-corrected chi connectivity index (χ4v) is 2.26. The zero-order valence-corrected chi connectivity index (χ0v) is 15.0. The molecule has 6 heteroatoms. The van der Waals surface area contributed by atoms with Crippen LogP contribution in [0, 0.1) is 19.7 Å². The van der Waals surface area contributed by atoms with Gasteiger partial charge in [-0.1, -0.05) is 18.2 Å². The molecule has 2 aromatic rings. The van der Waals surface area contributed by atoms with Crippen LogP contribution in [0.25, 0.3) is 0 Å². The summed E-state index contributed by atoms with van der Waals surface area (Å²) in [4.78, 5) is 23.5. The van der Waals surface area contributed by atoms with E-state index in [2.05, 4.69) is 5.32 Å². The first-order valence-corrected chi connectivity index (χ1v) is 8.25. The van der Waals surface area contributed by atoms with Crippen LogP contribution in [0.5, 0.6) is 5.75 Å². The van der Waals surface area contributed by atoms with Crippen LogP contribution in [0.1, 0.15) is 29.7 Å². The van der Waals surface area contributed by atoms with Gasteiger partial charge in [-0.25, -0.2) is 9.18 Å². The molecule has 0 saturated carbocycles. The third-order valence-electron chi connectivity index (χ3n) is 3.94. The lowest BCUT2D eigenvalue weighted by Gasteiger charge is -2.16. The molecule has 0 aliphatic rings. The predicted octanol–water partition coefficient (Wildman–Crippen LogP) is 3.24. The number of carbonyl (C=O) groups excluding carboxylic acids is 2. The number of hydrogen-bond donors (Lipinski definition) is 1. The highest BCUT2D eigenvalue weighted by Gasteiger charge is 2.13. The number of halogens is 1. The number of hydrogen-bond acceptors (Lipinski definition) is 4. The van der Waals surface area contributed by atoms with Crippen molar-refractivity contribution in [2.75, 3.05) is 13.2 Å². The molecule has 0 aromatic heterocycles.